The van der Waals surface area contributed by atoms with Crippen LogP contribution in [0.25, 0.3) is 0 Å². The lowest BCUT2D eigenvalue weighted by molar-refractivity contribution is 0.258. The zero-order chi connectivity index (χ0) is 12.0. The maximum absolute atomic E-state index is 13.5. The van der Waals surface area contributed by atoms with Crippen molar-refractivity contribution in [2.24, 2.45) is 0 Å². The molecule has 0 amide bonds. The Hall–Kier alpha value is -1.32. The summed E-state index contributed by atoms with van der Waals surface area (Å²) in [6.07, 6.45) is 1.61. The molecule has 17 heavy (non-hydrogen) atoms. The van der Waals surface area contributed by atoms with Crippen LogP contribution in [0.15, 0.2) is 12.3 Å². The van der Waals surface area contributed by atoms with Gasteiger partial charge in [0.15, 0.2) is 11.6 Å². The van der Waals surface area contributed by atoms with E-state index in [0.717, 1.165) is 17.1 Å². The van der Waals surface area contributed by atoms with Gasteiger partial charge in [0.25, 0.3) is 0 Å². The highest BCUT2D eigenvalue weighted by Crippen LogP contribution is 2.41. The first-order chi connectivity index (χ1) is 8.16. The minimum Gasteiger partial charge on any atom is -0.487 e. The zero-order valence-corrected chi connectivity index (χ0v) is 10.2. The average molecular weight is 236 g/mol. The summed E-state index contributed by atoms with van der Waals surface area (Å²) in [5.74, 6) is 2.08. The second-order valence-electron chi connectivity index (χ2n) is 5.16. The summed E-state index contributed by atoms with van der Waals surface area (Å²) >= 11 is 0. The van der Waals surface area contributed by atoms with Crippen molar-refractivity contribution < 1.29 is 9.13 Å². The van der Waals surface area contributed by atoms with Crippen LogP contribution in [0.5, 0.6) is 5.75 Å². The van der Waals surface area contributed by atoms with Gasteiger partial charge in [-0.3, -0.25) is 0 Å². The Bertz CT molecular complexity index is 435. The Morgan fingerprint density at radius 1 is 1.53 bits per heavy atom. The van der Waals surface area contributed by atoms with Crippen molar-refractivity contribution in [3.63, 3.8) is 0 Å². The predicted octanol–water partition coefficient (Wildman–Crippen LogP) is 2.51. The van der Waals surface area contributed by atoms with Gasteiger partial charge in [-0.05, 0) is 12.0 Å². The maximum atomic E-state index is 13.5. The third-order valence-electron chi connectivity index (χ3n) is 3.59. The van der Waals surface area contributed by atoms with E-state index in [1.54, 1.807) is 6.20 Å². The number of rotatable bonds is 1. The van der Waals surface area contributed by atoms with Crippen LogP contribution in [0, 0.1) is 0 Å². The fourth-order valence-corrected chi connectivity index (χ4v) is 2.72. The Morgan fingerprint density at radius 2 is 2.35 bits per heavy atom. The summed E-state index contributed by atoms with van der Waals surface area (Å²) in [4.78, 5) is 6.44. The number of ether oxygens (including phenoxy) is 1. The first-order valence-electron chi connectivity index (χ1n) is 6.19. The van der Waals surface area contributed by atoms with Gasteiger partial charge in [0, 0.05) is 18.2 Å². The molecule has 0 N–H and O–H groups in total. The minimum atomic E-state index is -0.751. The molecule has 0 saturated carbocycles. The van der Waals surface area contributed by atoms with Crippen molar-refractivity contribution in [3.8, 4) is 5.75 Å². The largest absolute Gasteiger partial charge is 0.487 e. The van der Waals surface area contributed by atoms with Crippen LogP contribution in [0.3, 0.4) is 0 Å². The lowest BCUT2D eigenvalue weighted by Crippen LogP contribution is -2.39. The smallest absolute Gasteiger partial charge is 0.172 e. The second kappa shape index (κ2) is 3.86. The van der Waals surface area contributed by atoms with E-state index in [2.05, 4.69) is 23.7 Å². The van der Waals surface area contributed by atoms with Gasteiger partial charge in [-0.2, -0.15) is 0 Å². The molecule has 0 aromatic carbocycles. The van der Waals surface area contributed by atoms with Crippen molar-refractivity contribution in [1.82, 2.24) is 4.98 Å². The molecule has 0 spiro atoms. The van der Waals surface area contributed by atoms with Crippen LogP contribution >= 0.6 is 0 Å². The fraction of sp³-hybridized carbons (Fsp3) is 0.615. The monoisotopic (exact) mass is 236 g/mol. The molecule has 2 aliphatic rings. The lowest BCUT2D eigenvalue weighted by atomic mass is 10.0. The van der Waals surface area contributed by atoms with Gasteiger partial charge >= 0.3 is 0 Å². The molecule has 1 aromatic rings. The number of anilines is 1. The number of aromatic nitrogens is 1. The molecular weight excluding hydrogens is 219 g/mol. The van der Waals surface area contributed by atoms with Crippen LogP contribution < -0.4 is 9.64 Å². The quantitative estimate of drug-likeness (QED) is 0.749. The molecule has 3 nitrogen and oxygen atoms in total. The molecule has 1 fully saturated rings. The number of hydrogen-bond donors (Lipinski definition) is 0. The van der Waals surface area contributed by atoms with E-state index in [4.69, 9.17) is 4.74 Å². The van der Waals surface area contributed by atoms with E-state index in [0.29, 0.717) is 25.5 Å². The van der Waals surface area contributed by atoms with Crippen LogP contribution in [0.1, 0.15) is 31.7 Å². The lowest BCUT2D eigenvalue weighted by Gasteiger charge is -2.33. The fourth-order valence-electron chi connectivity index (χ4n) is 2.72. The molecule has 1 saturated heterocycles. The van der Waals surface area contributed by atoms with Crippen molar-refractivity contribution in [1.29, 1.82) is 0 Å². The van der Waals surface area contributed by atoms with Gasteiger partial charge in [-0.1, -0.05) is 13.8 Å². The van der Waals surface area contributed by atoms with Gasteiger partial charge in [0.05, 0.1) is 12.6 Å². The van der Waals surface area contributed by atoms with Crippen molar-refractivity contribution in [3.05, 3.63) is 17.8 Å². The van der Waals surface area contributed by atoms with Crippen molar-refractivity contribution in [2.45, 2.75) is 38.4 Å². The molecule has 2 aliphatic heterocycles. The van der Waals surface area contributed by atoms with Gasteiger partial charge in [0.2, 0.25) is 0 Å². The number of hydrogen-bond acceptors (Lipinski definition) is 3. The molecule has 3 heterocycles. The van der Waals surface area contributed by atoms with Crippen molar-refractivity contribution in [2.75, 3.05) is 18.1 Å². The molecule has 2 unspecified atom stereocenters. The Morgan fingerprint density at radius 3 is 3.12 bits per heavy atom. The highest BCUT2D eigenvalue weighted by molar-refractivity contribution is 5.60. The Labute approximate surface area is 101 Å². The third kappa shape index (κ3) is 1.66. The normalized spacial score (nSPS) is 26.7. The molecule has 0 radical (unpaired) electrons. The summed E-state index contributed by atoms with van der Waals surface area (Å²) in [6, 6.07) is 2.15. The zero-order valence-electron chi connectivity index (χ0n) is 10.2. The Kier molecular flexibility index (Phi) is 2.45. The van der Waals surface area contributed by atoms with Gasteiger partial charge in [0.1, 0.15) is 12.8 Å². The minimum absolute atomic E-state index is 0.160. The standard InChI is InChI=1S/C13H17FN2O/c1-8(2)11-3-4-15-13-12(11)17-7-10-5-9(14)6-16(10)13/h3-4,8-10H,5-7H2,1-2H3. The first-order valence-corrected chi connectivity index (χ1v) is 6.19. The molecule has 92 valence electrons. The molecule has 4 heteroatoms. The molecule has 0 aliphatic carbocycles. The molecular formula is C13H17FN2O. The summed E-state index contributed by atoms with van der Waals surface area (Å²) in [5, 5.41) is 0. The van der Waals surface area contributed by atoms with E-state index in [1.807, 2.05) is 6.07 Å². The SMILES string of the molecule is CC(C)c1ccnc2c1OCC1CC(F)CN21. The molecule has 2 atom stereocenters. The predicted molar refractivity (Wildman–Crippen MR) is 64.5 cm³/mol. The van der Waals surface area contributed by atoms with E-state index in [-0.39, 0.29) is 6.04 Å². The van der Waals surface area contributed by atoms with Crippen molar-refractivity contribution >= 4 is 5.82 Å². The first kappa shape index (κ1) is 10.8. The van der Waals surface area contributed by atoms with Crippen LogP contribution in [0.2, 0.25) is 0 Å². The topological polar surface area (TPSA) is 25.4 Å². The number of halogens is 1. The van der Waals surface area contributed by atoms with E-state index in [9.17, 15) is 4.39 Å². The highest BCUT2D eigenvalue weighted by Gasteiger charge is 2.38. The highest BCUT2D eigenvalue weighted by atomic mass is 19.1. The summed E-state index contributed by atoms with van der Waals surface area (Å²) in [7, 11) is 0. The number of nitrogens with zero attached hydrogens (tertiary/aromatic N) is 2. The van der Waals surface area contributed by atoms with Gasteiger partial charge in [-0.15, -0.1) is 0 Å². The van der Waals surface area contributed by atoms with E-state index in [1.165, 1.54) is 0 Å². The summed E-state index contributed by atoms with van der Waals surface area (Å²) in [5.41, 5.74) is 1.16. The molecule has 1 aromatic heterocycles. The number of alkyl halides is 1. The molecule has 0 bridgehead atoms. The van der Waals surface area contributed by atoms with E-state index >= 15 is 0 Å². The van der Waals surface area contributed by atoms with Gasteiger partial charge in [-0.25, -0.2) is 9.37 Å². The maximum Gasteiger partial charge on any atom is 0.172 e. The average Bonchev–Trinajstić information content (AvgIpc) is 2.68. The Balaban J connectivity index is 2.04. The van der Waals surface area contributed by atoms with E-state index < -0.39 is 6.17 Å². The number of pyridine rings is 1. The summed E-state index contributed by atoms with van der Waals surface area (Å²) in [6.45, 7) is 5.30. The number of fused-ring (bicyclic) bond motifs is 3. The molecule has 3 rings (SSSR count). The summed E-state index contributed by atoms with van der Waals surface area (Å²) < 4.78 is 19.3. The van der Waals surface area contributed by atoms with Crippen LogP contribution in [0.4, 0.5) is 10.2 Å². The van der Waals surface area contributed by atoms with Crippen LogP contribution in [-0.2, 0) is 0 Å². The second-order valence-corrected chi connectivity index (χ2v) is 5.16. The third-order valence-corrected chi connectivity index (χ3v) is 3.59. The van der Waals surface area contributed by atoms with Gasteiger partial charge < -0.3 is 9.64 Å². The van der Waals surface area contributed by atoms with Crippen LogP contribution in [-0.4, -0.2) is 30.3 Å².